The average molecular weight is 875 g/mol. The third kappa shape index (κ3) is 8.62. The molecule has 8 bridgehead atoms. The fraction of sp³-hybridized carbons (Fsp3) is 0.267. The molecule has 6 heteroatoms. The lowest BCUT2D eigenvalue weighted by Crippen LogP contribution is -2.16. The summed E-state index contributed by atoms with van der Waals surface area (Å²) in [6.45, 7) is 27.2. The molecule has 334 valence electrons. The molecule has 9 rings (SSSR count). The zero-order valence-corrected chi connectivity index (χ0v) is 40.4. The van der Waals surface area contributed by atoms with E-state index < -0.39 is 0 Å². The molecule has 0 atom stereocenters. The van der Waals surface area contributed by atoms with Gasteiger partial charge in [0.15, 0.2) is 0 Å². The molecule has 4 nitrogen and oxygen atoms in total. The smallest absolute Gasteiger partial charge is 0.123 e. The number of hydrogen-bond acceptors (Lipinski definition) is 2. The molecule has 0 saturated carbocycles. The van der Waals surface area contributed by atoms with Crippen molar-refractivity contribution >= 4 is 46.4 Å². The molecule has 3 aromatic heterocycles. The zero-order chi connectivity index (χ0) is 47.1. The van der Waals surface area contributed by atoms with Gasteiger partial charge in [0.2, 0.25) is 0 Å². The summed E-state index contributed by atoms with van der Waals surface area (Å²) >= 11 is 0. The molecule has 66 heavy (non-hydrogen) atoms. The fourth-order valence-corrected chi connectivity index (χ4v) is 8.93. The van der Waals surface area contributed by atoms with Crippen molar-refractivity contribution in [3.05, 3.63) is 166 Å². The van der Waals surface area contributed by atoms with Gasteiger partial charge < -0.3 is 9.97 Å². The molecule has 0 saturated heterocycles. The molecule has 0 fully saturated rings. The van der Waals surface area contributed by atoms with Crippen molar-refractivity contribution in [1.29, 1.82) is 0 Å². The van der Waals surface area contributed by atoms with E-state index >= 15 is 0 Å². The highest BCUT2D eigenvalue weighted by Crippen LogP contribution is 2.42. The summed E-state index contributed by atoms with van der Waals surface area (Å²) in [4.78, 5) is 18.7. The van der Waals surface area contributed by atoms with Gasteiger partial charge in [-0.1, -0.05) is 144 Å². The van der Waals surface area contributed by atoms with Gasteiger partial charge in [-0.15, -0.1) is 0 Å². The Hall–Kier alpha value is -6.66. The summed E-state index contributed by atoms with van der Waals surface area (Å²) in [5.41, 5.74) is 18.4. The summed E-state index contributed by atoms with van der Waals surface area (Å²) in [5.74, 6) is -0.633. The van der Waals surface area contributed by atoms with E-state index in [1.165, 1.54) is 46.5 Å². The highest BCUT2D eigenvalue weighted by molar-refractivity contribution is 6.00. The number of benzene rings is 4. The van der Waals surface area contributed by atoms with E-state index in [2.05, 4.69) is 166 Å². The third-order valence-electron chi connectivity index (χ3n) is 12.9. The van der Waals surface area contributed by atoms with Gasteiger partial charge >= 0.3 is 0 Å². The highest BCUT2D eigenvalue weighted by Gasteiger charge is 2.26. The predicted molar refractivity (Wildman–Crippen MR) is 275 cm³/mol. The highest BCUT2D eigenvalue weighted by atomic mass is 19.1. The number of hydrogen-bond donors (Lipinski definition) is 2. The van der Waals surface area contributed by atoms with Gasteiger partial charge in [0.1, 0.15) is 11.6 Å². The standard InChI is InChI=1S/C60H60F2N4/c1-57(2,3)39-29-37(30-40(33-39)58(4,5)6)55-49-25-23-47(64-49)53(35-13-17-43(61)18-14-35)45-21-22-46(63-45)54(36-15-19-44(62)20-16-36)48-24-26-50(65-48)56(52-28-27-51(55)66-52)38-31-41(59(7,8)9)34-42(32-38)60(10,11)12/h13-34,64-65H,1-12H3. The van der Waals surface area contributed by atoms with Crippen LogP contribution < -0.4 is 0 Å². The van der Waals surface area contributed by atoms with Crippen molar-refractivity contribution in [2.75, 3.05) is 0 Å². The van der Waals surface area contributed by atoms with E-state index in [0.29, 0.717) is 11.4 Å². The number of nitrogens with zero attached hydrogens (tertiary/aromatic N) is 2. The number of halogens is 2. The van der Waals surface area contributed by atoms with E-state index in [1.807, 2.05) is 12.2 Å². The van der Waals surface area contributed by atoms with Crippen molar-refractivity contribution < 1.29 is 8.78 Å². The van der Waals surface area contributed by atoms with E-state index in [0.717, 1.165) is 78.0 Å². The van der Waals surface area contributed by atoms with Gasteiger partial charge in [0, 0.05) is 44.3 Å². The van der Waals surface area contributed by atoms with Crippen LogP contribution in [0.15, 0.2) is 109 Å². The Bertz CT molecular complexity index is 3000. The summed E-state index contributed by atoms with van der Waals surface area (Å²) in [6.07, 6.45) is 8.33. The minimum Gasteiger partial charge on any atom is -0.354 e. The van der Waals surface area contributed by atoms with E-state index in [1.54, 1.807) is 24.3 Å². The first kappa shape index (κ1) is 44.5. The van der Waals surface area contributed by atoms with Gasteiger partial charge in [0.25, 0.3) is 0 Å². The summed E-state index contributed by atoms with van der Waals surface area (Å²) in [5, 5.41) is 0. The molecule has 4 aromatic carbocycles. The molecular formula is C60H60F2N4. The lowest BCUT2D eigenvalue weighted by molar-refractivity contribution is 0.568. The average Bonchev–Trinajstić information content (AvgIpc) is 4.09. The number of aromatic amines is 2. The molecule has 5 heterocycles. The van der Waals surface area contributed by atoms with Crippen LogP contribution in [0.3, 0.4) is 0 Å². The maximum Gasteiger partial charge on any atom is 0.123 e. The second-order valence-corrected chi connectivity index (χ2v) is 22.1. The van der Waals surface area contributed by atoms with E-state index in [4.69, 9.17) is 9.97 Å². The first-order valence-electron chi connectivity index (χ1n) is 23.0. The van der Waals surface area contributed by atoms with Gasteiger partial charge in [-0.25, -0.2) is 18.7 Å². The molecule has 2 N–H and O–H groups in total. The van der Waals surface area contributed by atoms with Crippen molar-refractivity contribution in [1.82, 2.24) is 19.9 Å². The van der Waals surface area contributed by atoms with Crippen LogP contribution in [0.5, 0.6) is 0 Å². The van der Waals surface area contributed by atoms with Gasteiger partial charge in [-0.2, -0.15) is 0 Å². The minimum absolute atomic E-state index is 0.121. The minimum atomic E-state index is -0.316. The Kier molecular flexibility index (Phi) is 10.8. The molecule has 7 aromatic rings. The Labute approximate surface area is 388 Å². The predicted octanol–water partition coefficient (Wildman–Crippen LogP) is 16.8. The van der Waals surface area contributed by atoms with Gasteiger partial charge in [-0.05, 0) is 139 Å². The van der Waals surface area contributed by atoms with E-state index in [9.17, 15) is 8.78 Å². The number of H-pyrrole nitrogens is 2. The van der Waals surface area contributed by atoms with Crippen molar-refractivity contribution in [2.24, 2.45) is 0 Å². The molecule has 0 radical (unpaired) electrons. The summed E-state index contributed by atoms with van der Waals surface area (Å²) < 4.78 is 29.1. The topological polar surface area (TPSA) is 57.4 Å². The molecule has 0 unspecified atom stereocenters. The molecule has 0 spiro atoms. The largest absolute Gasteiger partial charge is 0.354 e. The van der Waals surface area contributed by atoms with Crippen molar-refractivity contribution in [3.8, 4) is 44.5 Å². The molecule has 2 aliphatic heterocycles. The lowest BCUT2D eigenvalue weighted by Gasteiger charge is -2.26. The van der Waals surface area contributed by atoms with Gasteiger partial charge in [0.05, 0.1) is 22.8 Å². The summed E-state index contributed by atoms with van der Waals surface area (Å²) in [7, 11) is 0. The van der Waals surface area contributed by atoms with Crippen LogP contribution in [0, 0.1) is 11.6 Å². The van der Waals surface area contributed by atoms with Crippen LogP contribution >= 0.6 is 0 Å². The van der Waals surface area contributed by atoms with Crippen molar-refractivity contribution in [2.45, 2.75) is 105 Å². The summed E-state index contributed by atoms with van der Waals surface area (Å²) in [6, 6.07) is 35.6. The third-order valence-corrected chi connectivity index (χ3v) is 12.9. The molecule has 0 aliphatic carbocycles. The SMILES string of the molecule is CC(C)(C)c1cc(-c2c3nc(c(-c4cc(C(C)(C)C)cc(C(C)(C)C)c4)c4ccc([nH]4)c(-c4ccc(F)cc4)c4nc(c(-c5ccc(F)cc5)c5ccc2[nH]5)C=C4)C=C3)cc(C(C)(C)C)c1. The maximum absolute atomic E-state index is 14.6. The first-order chi connectivity index (χ1) is 31.0. The van der Waals surface area contributed by atoms with E-state index in [-0.39, 0.29) is 33.3 Å². The van der Waals surface area contributed by atoms with Crippen LogP contribution in [0.4, 0.5) is 8.78 Å². The second-order valence-electron chi connectivity index (χ2n) is 22.1. The number of fused-ring (bicyclic) bond motifs is 8. The lowest BCUT2D eigenvalue weighted by atomic mass is 9.78. The Morgan fingerprint density at radius 3 is 0.803 bits per heavy atom. The maximum atomic E-state index is 14.6. The van der Waals surface area contributed by atoms with Crippen LogP contribution in [0.25, 0.3) is 90.9 Å². The normalized spacial score (nSPS) is 13.2. The molecular weight excluding hydrogens is 815 g/mol. The van der Waals surface area contributed by atoms with Gasteiger partial charge in [-0.3, -0.25) is 0 Å². The van der Waals surface area contributed by atoms with Crippen LogP contribution in [0.1, 0.15) is 128 Å². The first-order valence-corrected chi connectivity index (χ1v) is 23.0. The quantitative estimate of drug-likeness (QED) is 0.185. The fourth-order valence-electron chi connectivity index (χ4n) is 8.93. The molecule has 2 aliphatic rings. The van der Waals surface area contributed by atoms with Crippen LogP contribution in [-0.2, 0) is 21.7 Å². The Morgan fingerprint density at radius 2 is 0.561 bits per heavy atom. The second kappa shape index (κ2) is 16.0. The number of aromatic nitrogens is 4. The van der Waals surface area contributed by atoms with Crippen LogP contribution in [-0.4, -0.2) is 19.9 Å². The van der Waals surface area contributed by atoms with Crippen molar-refractivity contribution in [3.63, 3.8) is 0 Å². The van der Waals surface area contributed by atoms with Crippen LogP contribution in [0.2, 0.25) is 0 Å². The number of nitrogens with one attached hydrogen (secondary N) is 2. The monoisotopic (exact) mass is 874 g/mol. The molecule has 0 amide bonds. The zero-order valence-electron chi connectivity index (χ0n) is 40.4. The Morgan fingerprint density at radius 1 is 0.318 bits per heavy atom. The number of rotatable bonds is 4. The Balaban J connectivity index is 1.50.